The maximum Gasteiger partial charge on any atom is 0.349 e. The Bertz CT molecular complexity index is 1100. The van der Waals surface area contributed by atoms with Crippen LogP contribution >= 0.6 is 27.5 Å². The standard InChI is InChI=1S/C18H16BrClN4O3/c1-23-14-8-15(26-2)13(20)7-10(14)17(22-18(23)25)24-5-6-27-9-11-12(19)3-4-21-16(11)24/h3-4,7-8H,5-6,9H2,1-2H3. The second-order valence-electron chi connectivity index (χ2n) is 6.08. The molecule has 0 bridgehead atoms. The Kier molecular flexibility index (Phi) is 4.79. The van der Waals surface area contributed by atoms with Crippen LogP contribution in [0.2, 0.25) is 5.02 Å². The molecule has 0 radical (unpaired) electrons. The summed E-state index contributed by atoms with van der Waals surface area (Å²) in [6, 6.07) is 5.37. The molecule has 140 valence electrons. The molecule has 1 aliphatic heterocycles. The molecule has 0 unspecified atom stereocenters. The summed E-state index contributed by atoms with van der Waals surface area (Å²) >= 11 is 9.91. The summed E-state index contributed by atoms with van der Waals surface area (Å²) in [4.78, 5) is 23.3. The third-order valence-electron chi connectivity index (χ3n) is 4.55. The van der Waals surface area contributed by atoms with Gasteiger partial charge in [0.05, 0.1) is 30.9 Å². The predicted molar refractivity (Wildman–Crippen MR) is 107 cm³/mol. The fourth-order valence-electron chi connectivity index (χ4n) is 3.16. The van der Waals surface area contributed by atoms with Crippen LogP contribution in [0, 0.1) is 0 Å². The van der Waals surface area contributed by atoms with E-state index in [1.807, 2.05) is 11.0 Å². The third-order valence-corrected chi connectivity index (χ3v) is 5.59. The molecule has 0 saturated carbocycles. The molecule has 4 rings (SSSR count). The molecule has 9 heteroatoms. The molecule has 0 aliphatic carbocycles. The lowest BCUT2D eigenvalue weighted by Crippen LogP contribution is -2.28. The first kappa shape index (κ1) is 18.2. The number of ether oxygens (including phenoxy) is 2. The van der Waals surface area contributed by atoms with Gasteiger partial charge in [-0.2, -0.15) is 4.98 Å². The minimum atomic E-state index is -0.372. The molecule has 1 aliphatic rings. The van der Waals surface area contributed by atoms with Crippen LogP contribution in [0.5, 0.6) is 5.75 Å². The van der Waals surface area contributed by atoms with Crippen molar-refractivity contribution >= 4 is 50.1 Å². The second-order valence-corrected chi connectivity index (χ2v) is 7.34. The van der Waals surface area contributed by atoms with Crippen LogP contribution in [0.25, 0.3) is 10.9 Å². The summed E-state index contributed by atoms with van der Waals surface area (Å²) in [6.45, 7) is 1.41. The van der Waals surface area contributed by atoms with Gasteiger partial charge in [0, 0.05) is 41.3 Å². The van der Waals surface area contributed by atoms with E-state index in [-0.39, 0.29) is 5.69 Å². The highest BCUT2D eigenvalue weighted by molar-refractivity contribution is 9.10. The third kappa shape index (κ3) is 3.07. The van der Waals surface area contributed by atoms with Gasteiger partial charge in [0.25, 0.3) is 0 Å². The molecule has 0 saturated heterocycles. The van der Waals surface area contributed by atoms with Crippen LogP contribution in [0.15, 0.2) is 33.7 Å². The van der Waals surface area contributed by atoms with Crippen LogP contribution in [0.1, 0.15) is 5.56 Å². The van der Waals surface area contributed by atoms with Gasteiger partial charge in [-0.15, -0.1) is 0 Å². The topological polar surface area (TPSA) is 69.5 Å². The molecule has 0 N–H and O–H groups in total. The number of hydrogen-bond donors (Lipinski definition) is 0. The Morgan fingerprint density at radius 2 is 2.15 bits per heavy atom. The Labute approximate surface area is 168 Å². The highest BCUT2D eigenvalue weighted by Gasteiger charge is 2.24. The van der Waals surface area contributed by atoms with Crippen LogP contribution < -0.4 is 15.3 Å². The maximum atomic E-state index is 12.5. The molecular formula is C18H16BrClN4O3. The molecule has 0 atom stereocenters. The molecule has 3 heterocycles. The van der Waals surface area contributed by atoms with Gasteiger partial charge in [-0.25, -0.2) is 9.78 Å². The lowest BCUT2D eigenvalue weighted by Gasteiger charge is -2.24. The number of nitrogens with zero attached hydrogens (tertiary/aromatic N) is 4. The molecule has 0 spiro atoms. The first-order valence-corrected chi connectivity index (χ1v) is 9.41. The van der Waals surface area contributed by atoms with Gasteiger partial charge < -0.3 is 14.4 Å². The largest absolute Gasteiger partial charge is 0.495 e. The summed E-state index contributed by atoms with van der Waals surface area (Å²) in [5.74, 6) is 1.70. The molecule has 0 amide bonds. The second kappa shape index (κ2) is 7.10. The van der Waals surface area contributed by atoms with Gasteiger partial charge in [-0.05, 0) is 12.1 Å². The lowest BCUT2D eigenvalue weighted by molar-refractivity contribution is 0.133. The van der Waals surface area contributed by atoms with Gasteiger partial charge in [-0.3, -0.25) is 4.57 Å². The van der Waals surface area contributed by atoms with Crippen molar-refractivity contribution in [1.82, 2.24) is 14.5 Å². The Morgan fingerprint density at radius 1 is 1.33 bits per heavy atom. The summed E-state index contributed by atoms with van der Waals surface area (Å²) in [7, 11) is 3.21. The van der Waals surface area contributed by atoms with Crippen LogP contribution in [-0.4, -0.2) is 34.8 Å². The van der Waals surface area contributed by atoms with Crippen LogP contribution in [0.4, 0.5) is 11.6 Å². The first-order chi connectivity index (χ1) is 13.0. The van der Waals surface area contributed by atoms with Gasteiger partial charge in [0.1, 0.15) is 17.4 Å². The molecular weight excluding hydrogens is 436 g/mol. The zero-order valence-electron chi connectivity index (χ0n) is 14.7. The molecule has 27 heavy (non-hydrogen) atoms. The van der Waals surface area contributed by atoms with Gasteiger partial charge in [0.2, 0.25) is 0 Å². The average molecular weight is 452 g/mol. The van der Waals surface area contributed by atoms with Crippen molar-refractivity contribution in [2.45, 2.75) is 6.61 Å². The number of aromatic nitrogens is 3. The molecule has 1 aromatic carbocycles. The Hall–Kier alpha value is -2.16. The summed E-state index contributed by atoms with van der Waals surface area (Å²) in [6.07, 6.45) is 1.71. The zero-order chi connectivity index (χ0) is 19.1. The number of benzene rings is 1. The smallest absolute Gasteiger partial charge is 0.349 e. The number of halogens is 2. The number of aryl methyl sites for hydroxylation is 1. The van der Waals surface area contributed by atoms with Gasteiger partial charge in [0.15, 0.2) is 0 Å². The number of hydrogen-bond acceptors (Lipinski definition) is 6. The Morgan fingerprint density at radius 3 is 2.93 bits per heavy atom. The minimum Gasteiger partial charge on any atom is -0.495 e. The number of rotatable bonds is 2. The zero-order valence-corrected chi connectivity index (χ0v) is 17.0. The average Bonchev–Trinajstić information content (AvgIpc) is 2.88. The molecule has 2 aromatic heterocycles. The highest BCUT2D eigenvalue weighted by atomic mass is 79.9. The van der Waals surface area contributed by atoms with E-state index in [0.717, 1.165) is 15.4 Å². The quantitative estimate of drug-likeness (QED) is 0.595. The number of fused-ring (bicyclic) bond motifs is 2. The van der Waals surface area contributed by atoms with Crippen molar-refractivity contribution < 1.29 is 9.47 Å². The minimum absolute atomic E-state index is 0.372. The fraction of sp³-hybridized carbons (Fsp3) is 0.278. The van der Waals surface area contributed by atoms with Crippen molar-refractivity contribution in [3.05, 3.63) is 49.9 Å². The van der Waals surface area contributed by atoms with E-state index in [1.165, 1.54) is 11.7 Å². The fourth-order valence-corrected chi connectivity index (χ4v) is 3.81. The first-order valence-electron chi connectivity index (χ1n) is 8.24. The SMILES string of the molecule is COc1cc2c(cc1Cl)c(N1CCOCc3c(Br)ccnc31)nc(=O)n2C. The number of pyridine rings is 1. The van der Waals surface area contributed by atoms with Crippen molar-refractivity contribution in [3.63, 3.8) is 0 Å². The highest BCUT2D eigenvalue weighted by Crippen LogP contribution is 2.37. The maximum absolute atomic E-state index is 12.5. The van der Waals surface area contributed by atoms with Crippen LogP contribution in [0.3, 0.4) is 0 Å². The van der Waals surface area contributed by atoms with E-state index in [1.54, 1.807) is 25.4 Å². The molecule has 3 aromatic rings. The summed E-state index contributed by atoms with van der Waals surface area (Å²) < 4.78 is 13.4. The van der Waals surface area contributed by atoms with E-state index in [4.69, 9.17) is 21.1 Å². The normalized spacial score (nSPS) is 14.1. The molecule has 7 nitrogen and oxygen atoms in total. The number of anilines is 2. The van der Waals surface area contributed by atoms with Crippen molar-refractivity contribution in [1.29, 1.82) is 0 Å². The van der Waals surface area contributed by atoms with Crippen molar-refractivity contribution in [2.24, 2.45) is 7.05 Å². The van der Waals surface area contributed by atoms with Gasteiger partial charge in [-0.1, -0.05) is 27.5 Å². The summed E-state index contributed by atoms with van der Waals surface area (Å²) in [5, 5.41) is 1.18. The van der Waals surface area contributed by atoms with Crippen molar-refractivity contribution in [3.8, 4) is 5.75 Å². The number of methoxy groups -OCH3 is 1. The van der Waals surface area contributed by atoms with E-state index in [0.29, 0.717) is 47.7 Å². The molecule has 0 fully saturated rings. The van der Waals surface area contributed by atoms with Crippen LogP contribution in [-0.2, 0) is 18.4 Å². The Balaban J connectivity index is 2.03. The summed E-state index contributed by atoms with van der Waals surface area (Å²) in [5.41, 5.74) is 1.21. The van der Waals surface area contributed by atoms with E-state index >= 15 is 0 Å². The van der Waals surface area contributed by atoms with Gasteiger partial charge >= 0.3 is 5.69 Å². The monoisotopic (exact) mass is 450 g/mol. The van der Waals surface area contributed by atoms with Crippen molar-refractivity contribution in [2.75, 3.05) is 25.2 Å². The lowest BCUT2D eigenvalue weighted by atomic mass is 10.2. The van der Waals surface area contributed by atoms with E-state index in [2.05, 4.69) is 25.9 Å². The predicted octanol–water partition coefficient (Wildman–Crippen LogP) is 3.42. The van der Waals surface area contributed by atoms with E-state index in [9.17, 15) is 4.79 Å². The van der Waals surface area contributed by atoms with E-state index < -0.39 is 0 Å².